The molecular weight excluding hydrogens is 380 g/mol. The molecule has 0 heterocycles. The molecule has 0 atom stereocenters. The molecule has 0 N–H and O–H groups in total. The van der Waals surface area contributed by atoms with Crippen LogP contribution >= 0.6 is 15.9 Å². The fourth-order valence-corrected chi connectivity index (χ4v) is 4.95. The van der Waals surface area contributed by atoms with Gasteiger partial charge < -0.3 is 0 Å². The molecule has 1 aliphatic carbocycles. The molecule has 1 aliphatic rings. The van der Waals surface area contributed by atoms with E-state index < -0.39 is 0 Å². The van der Waals surface area contributed by atoms with E-state index in [1.807, 2.05) is 0 Å². The van der Waals surface area contributed by atoms with Crippen LogP contribution in [-0.2, 0) is 5.41 Å². The van der Waals surface area contributed by atoms with Crippen LogP contribution < -0.4 is 0 Å². The maximum Gasteiger partial charge on any atom is 0.0181 e. The van der Waals surface area contributed by atoms with Crippen molar-refractivity contribution in [3.05, 3.63) is 94.5 Å². The van der Waals surface area contributed by atoms with E-state index in [9.17, 15) is 0 Å². The minimum absolute atomic E-state index is 0.0202. The highest BCUT2D eigenvalue weighted by Gasteiger charge is 2.38. The van der Waals surface area contributed by atoms with Crippen LogP contribution in [0.25, 0.3) is 33.0 Å². The Hall–Kier alpha value is -2.38. The van der Waals surface area contributed by atoms with Gasteiger partial charge in [-0.2, -0.15) is 0 Å². The number of hydrogen-bond acceptors (Lipinski definition) is 0. The zero-order chi connectivity index (χ0) is 17.9. The molecule has 0 aromatic heterocycles. The maximum absolute atomic E-state index is 3.63. The van der Waals surface area contributed by atoms with E-state index in [2.05, 4.69) is 109 Å². The number of fused-ring (bicyclic) bond motifs is 5. The summed E-state index contributed by atoms with van der Waals surface area (Å²) < 4.78 is 1.12. The van der Waals surface area contributed by atoms with Crippen molar-refractivity contribution in [1.82, 2.24) is 0 Å². The first-order chi connectivity index (χ1) is 12.6. The van der Waals surface area contributed by atoms with Crippen LogP contribution in [-0.4, -0.2) is 0 Å². The molecule has 0 nitrogen and oxygen atoms in total. The minimum Gasteiger partial charge on any atom is -0.0616 e. The van der Waals surface area contributed by atoms with Gasteiger partial charge in [-0.3, -0.25) is 0 Å². The van der Waals surface area contributed by atoms with Crippen molar-refractivity contribution in [3.8, 4) is 22.3 Å². The summed E-state index contributed by atoms with van der Waals surface area (Å²) in [6.07, 6.45) is 0. The van der Waals surface area contributed by atoms with Crippen LogP contribution in [0.15, 0.2) is 83.3 Å². The molecule has 0 aliphatic heterocycles. The van der Waals surface area contributed by atoms with Gasteiger partial charge >= 0.3 is 0 Å². The predicted octanol–water partition coefficient (Wildman–Crippen LogP) is 7.58. The van der Waals surface area contributed by atoms with Crippen LogP contribution in [0.3, 0.4) is 0 Å². The van der Waals surface area contributed by atoms with Gasteiger partial charge in [0.15, 0.2) is 0 Å². The number of rotatable bonds is 1. The summed E-state index contributed by atoms with van der Waals surface area (Å²) in [5.74, 6) is 0. The van der Waals surface area contributed by atoms with Gasteiger partial charge in [0.25, 0.3) is 0 Å². The monoisotopic (exact) mass is 398 g/mol. The van der Waals surface area contributed by atoms with Gasteiger partial charge in [0.05, 0.1) is 0 Å². The van der Waals surface area contributed by atoms with Crippen molar-refractivity contribution in [2.75, 3.05) is 0 Å². The Morgan fingerprint density at radius 3 is 2.35 bits per heavy atom. The van der Waals surface area contributed by atoms with Crippen molar-refractivity contribution >= 4 is 26.7 Å². The van der Waals surface area contributed by atoms with Gasteiger partial charge in [-0.05, 0) is 56.3 Å². The van der Waals surface area contributed by atoms with Crippen LogP contribution in [0.1, 0.15) is 25.0 Å². The predicted molar refractivity (Wildman–Crippen MR) is 115 cm³/mol. The Morgan fingerprint density at radius 1 is 0.731 bits per heavy atom. The lowest BCUT2D eigenvalue weighted by Gasteiger charge is -2.24. The van der Waals surface area contributed by atoms with E-state index in [0.717, 1.165) is 4.47 Å². The first kappa shape index (κ1) is 15.8. The van der Waals surface area contributed by atoms with Crippen LogP contribution in [0.2, 0.25) is 0 Å². The third kappa shape index (κ3) is 2.13. The second-order valence-electron chi connectivity index (χ2n) is 7.57. The topological polar surface area (TPSA) is 0 Å². The smallest absolute Gasteiger partial charge is 0.0181 e. The summed E-state index contributed by atoms with van der Waals surface area (Å²) in [6, 6.07) is 28.7. The largest absolute Gasteiger partial charge is 0.0616 e. The molecule has 1 heteroatoms. The zero-order valence-corrected chi connectivity index (χ0v) is 16.5. The van der Waals surface area contributed by atoms with E-state index in [4.69, 9.17) is 0 Å². The van der Waals surface area contributed by atoms with E-state index in [1.54, 1.807) is 0 Å². The summed E-state index contributed by atoms with van der Waals surface area (Å²) in [7, 11) is 0. The molecule has 0 saturated carbocycles. The highest BCUT2D eigenvalue weighted by Crippen LogP contribution is 2.54. The second-order valence-corrected chi connectivity index (χ2v) is 8.49. The maximum atomic E-state index is 3.63. The summed E-state index contributed by atoms with van der Waals surface area (Å²) in [6.45, 7) is 4.71. The van der Waals surface area contributed by atoms with Crippen LogP contribution in [0.5, 0.6) is 0 Å². The Morgan fingerprint density at radius 2 is 1.50 bits per heavy atom. The first-order valence-electron chi connectivity index (χ1n) is 8.99. The Bertz CT molecular complexity index is 1170. The lowest BCUT2D eigenvalue weighted by Crippen LogP contribution is -2.16. The molecule has 0 bridgehead atoms. The molecular formula is C25H19Br. The van der Waals surface area contributed by atoms with E-state index >= 15 is 0 Å². The van der Waals surface area contributed by atoms with Gasteiger partial charge in [0.2, 0.25) is 0 Å². The van der Waals surface area contributed by atoms with Crippen LogP contribution in [0, 0.1) is 0 Å². The lowest BCUT2D eigenvalue weighted by molar-refractivity contribution is 0.662. The lowest BCUT2D eigenvalue weighted by atomic mass is 9.78. The van der Waals surface area contributed by atoms with Crippen molar-refractivity contribution in [3.63, 3.8) is 0 Å². The summed E-state index contributed by atoms with van der Waals surface area (Å²) in [4.78, 5) is 0. The van der Waals surface area contributed by atoms with Gasteiger partial charge in [-0.25, -0.2) is 0 Å². The molecule has 0 radical (unpaired) electrons. The van der Waals surface area contributed by atoms with Crippen molar-refractivity contribution < 1.29 is 0 Å². The highest BCUT2D eigenvalue weighted by molar-refractivity contribution is 9.10. The minimum atomic E-state index is -0.0202. The SMILES string of the molecule is CC1(C)c2ccc3ccccc3c2-c2cccc(-c3cccc(Br)c3)c21. The van der Waals surface area contributed by atoms with E-state index in [-0.39, 0.29) is 5.41 Å². The standard InChI is InChI=1S/C25H19Br/c1-25(2)22-14-13-16-7-3-4-10-19(16)23(22)21-12-6-11-20(24(21)25)17-8-5-9-18(26)15-17/h3-15H,1-2H3. The molecule has 4 aromatic rings. The molecule has 0 fully saturated rings. The van der Waals surface area contributed by atoms with E-state index in [1.165, 1.54) is 44.2 Å². The fraction of sp³-hybridized carbons (Fsp3) is 0.120. The fourth-order valence-electron chi connectivity index (χ4n) is 4.55. The molecule has 0 unspecified atom stereocenters. The average Bonchev–Trinajstić information content (AvgIpc) is 2.90. The number of benzene rings is 4. The average molecular weight is 399 g/mol. The van der Waals surface area contributed by atoms with Crippen molar-refractivity contribution in [1.29, 1.82) is 0 Å². The first-order valence-corrected chi connectivity index (χ1v) is 9.79. The molecule has 5 rings (SSSR count). The van der Waals surface area contributed by atoms with Gasteiger partial charge in [0, 0.05) is 9.89 Å². The third-order valence-electron chi connectivity index (χ3n) is 5.70. The van der Waals surface area contributed by atoms with Gasteiger partial charge in [0.1, 0.15) is 0 Å². The molecule has 0 spiro atoms. The Kier molecular flexibility index (Phi) is 3.39. The zero-order valence-electron chi connectivity index (χ0n) is 14.9. The van der Waals surface area contributed by atoms with Crippen molar-refractivity contribution in [2.45, 2.75) is 19.3 Å². The van der Waals surface area contributed by atoms with E-state index in [0.29, 0.717) is 0 Å². The number of hydrogen-bond donors (Lipinski definition) is 0. The Labute approximate surface area is 162 Å². The number of halogens is 1. The molecule has 0 amide bonds. The quantitative estimate of drug-likeness (QED) is 0.310. The Balaban J connectivity index is 1.89. The molecule has 126 valence electrons. The molecule has 26 heavy (non-hydrogen) atoms. The summed E-state index contributed by atoms with van der Waals surface area (Å²) >= 11 is 3.63. The second kappa shape index (κ2) is 5.56. The highest BCUT2D eigenvalue weighted by atomic mass is 79.9. The normalized spacial score (nSPS) is 14.3. The molecule has 0 saturated heterocycles. The van der Waals surface area contributed by atoms with Crippen LogP contribution in [0.4, 0.5) is 0 Å². The van der Waals surface area contributed by atoms with Crippen molar-refractivity contribution in [2.24, 2.45) is 0 Å². The summed E-state index contributed by atoms with van der Waals surface area (Å²) in [5.41, 5.74) is 8.21. The van der Waals surface area contributed by atoms with Gasteiger partial charge in [-0.15, -0.1) is 0 Å². The third-order valence-corrected chi connectivity index (χ3v) is 6.19. The van der Waals surface area contributed by atoms with Gasteiger partial charge in [-0.1, -0.05) is 96.5 Å². The molecule has 4 aromatic carbocycles. The summed E-state index contributed by atoms with van der Waals surface area (Å²) in [5, 5.41) is 2.66.